The maximum atomic E-state index is 13.5. The summed E-state index contributed by atoms with van der Waals surface area (Å²) in [5.74, 6) is -0.0431. The van der Waals surface area contributed by atoms with Crippen LogP contribution in [-0.4, -0.2) is 80.0 Å². The van der Waals surface area contributed by atoms with Crippen molar-refractivity contribution in [1.29, 1.82) is 0 Å². The van der Waals surface area contributed by atoms with Crippen molar-refractivity contribution in [3.63, 3.8) is 0 Å². The van der Waals surface area contributed by atoms with Crippen LogP contribution in [0.3, 0.4) is 0 Å². The summed E-state index contributed by atoms with van der Waals surface area (Å²) < 4.78 is 25.6. The molecule has 2 aliphatic heterocycles. The molecule has 0 aromatic rings. The Morgan fingerprint density at radius 3 is 2.25 bits per heavy atom. The van der Waals surface area contributed by atoms with Gasteiger partial charge in [-0.1, -0.05) is 19.3 Å². The van der Waals surface area contributed by atoms with E-state index in [0.717, 1.165) is 25.7 Å². The molecule has 3 aliphatic rings. The van der Waals surface area contributed by atoms with Crippen LogP contribution in [0.5, 0.6) is 0 Å². The molecule has 0 radical (unpaired) electrons. The number of sulfonamides is 1. The Balaban J connectivity index is 1.76. The van der Waals surface area contributed by atoms with E-state index in [9.17, 15) is 18.0 Å². The second kappa shape index (κ2) is 8.67. The molecule has 8 nitrogen and oxygen atoms in total. The number of nitrogens with zero attached hydrogens (tertiary/aromatic N) is 2. The summed E-state index contributed by atoms with van der Waals surface area (Å²) in [4.78, 5) is 27.9. The topological polar surface area (TPSA) is 98.8 Å². The molecule has 2 saturated heterocycles. The van der Waals surface area contributed by atoms with E-state index in [1.54, 1.807) is 18.3 Å². The number of likely N-dealkylation sites (tertiary alicyclic amines) is 1. The molecule has 9 heteroatoms. The summed E-state index contributed by atoms with van der Waals surface area (Å²) in [6.07, 6.45) is 7.81. The molecule has 4 atom stereocenters. The van der Waals surface area contributed by atoms with Gasteiger partial charge < -0.3 is 15.5 Å². The molecule has 1 saturated carbocycles. The molecular weight excluding hydrogens is 380 g/mol. The molecule has 3 fully saturated rings. The van der Waals surface area contributed by atoms with Crippen molar-refractivity contribution in [1.82, 2.24) is 19.8 Å². The molecule has 3 rings (SSSR count). The van der Waals surface area contributed by atoms with Crippen LogP contribution in [0.4, 0.5) is 0 Å². The standard InChI is InChI=1S/C19H34N4O4S/c1-13(20-2)18(24)21-17(14-7-5-4-6-8-14)19(25)22-11-9-16-15(22)10-12-23(16)28(3,26)27/h13-17,20H,4-12H2,1-3H3,(H,21,24). The van der Waals surface area contributed by atoms with Crippen molar-refractivity contribution < 1.29 is 18.0 Å². The molecule has 2 N–H and O–H groups in total. The third-order valence-corrected chi connectivity index (χ3v) is 8.05. The van der Waals surface area contributed by atoms with Gasteiger partial charge in [-0.2, -0.15) is 4.31 Å². The fourth-order valence-electron chi connectivity index (χ4n) is 5.07. The van der Waals surface area contributed by atoms with Gasteiger partial charge in [-0.05, 0) is 45.6 Å². The van der Waals surface area contributed by atoms with E-state index in [1.165, 1.54) is 12.7 Å². The summed E-state index contributed by atoms with van der Waals surface area (Å²) in [6.45, 7) is 2.81. The number of hydrogen-bond donors (Lipinski definition) is 2. The first-order valence-corrected chi connectivity index (χ1v) is 12.3. The number of rotatable bonds is 6. The number of carbonyl (C=O) groups excluding carboxylic acids is 2. The molecule has 2 amide bonds. The fourth-order valence-corrected chi connectivity index (χ4v) is 6.24. The minimum Gasteiger partial charge on any atom is -0.343 e. The minimum atomic E-state index is -3.26. The quantitative estimate of drug-likeness (QED) is 0.651. The van der Waals surface area contributed by atoms with Crippen LogP contribution in [0.1, 0.15) is 51.9 Å². The molecule has 0 aromatic carbocycles. The maximum absolute atomic E-state index is 13.5. The van der Waals surface area contributed by atoms with Crippen LogP contribution in [0.15, 0.2) is 0 Å². The van der Waals surface area contributed by atoms with Gasteiger partial charge in [0.1, 0.15) is 6.04 Å². The maximum Gasteiger partial charge on any atom is 0.245 e. The predicted molar refractivity (Wildman–Crippen MR) is 107 cm³/mol. The number of fused-ring (bicyclic) bond motifs is 1. The average Bonchev–Trinajstić information content (AvgIpc) is 3.26. The Labute approximate surface area is 168 Å². The van der Waals surface area contributed by atoms with Gasteiger partial charge in [0.15, 0.2) is 0 Å². The van der Waals surface area contributed by atoms with E-state index in [2.05, 4.69) is 10.6 Å². The summed E-state index contributed by atoms with van der Waals surface area (Å²) in [7, 11) is -1.54. The first-order valence-electron chi connectivity index (χ1n) is 10.5. The zero-order valence-corrected chi connectivity index (χ0v) is 18.0. The highest BCUT2D eigenvalue weighted by Crippen LogP contribution is 2.35. The second-order valence-corrected chi connectivity index (χ2v) is 10.4. The molecule has 2 heterocycles. The molecule has 28 heavy (non-hydrogen) atoms. The van der Waals surface area contributed by atoms with Crippen LogP contribution in [-0.2, 0) is 19.6 Å². The van der Waals surface area contributed by atoms with Crippen LogP contribution in [0, 0.1) is 5.92 Å². The van der Waals surface area contributed by atoms with Crippen LogP contribution >= 0.6 is 0 Å². The van der Waals surface area contributed by atoms with Gasteiger partial charge >= 0.3 is 0 Å². The Morgan fingerprint density at radius 1 is 1.00 bits per heavy atom. The second-order valence-electron chi connectivity index (χ2n) is 8.51. The van der Waals surface area contributed by atoms with Gasteiger partial charge in [0.25, 0.3) is 0 Å². The van der Waals surface area contributed by atoms with Crippen molar-refractivity contribution in [2.24, 2.45) is 5.92 Å². The zero-order chi connectivity index (χ0) is 20.5. The number of carbonyl (C=O) groups is 2. The highest BCUT2D eigenvalue weighted by molar-refractivity contribution is 7.88. The van der Waals surface area contributed by atoms with Crippen molar-refractivity contribution in [3.8, 4) is 0 Å². The normalized spacial score (nSPS) is 28.8. The predicted octanol–water partition coefficient (Wildman–Crippen LogP) is 0.294. The van der Waals surface area contributed by atoms with Crippen LogP contribution in [0.2, 0.25) is 0 Å². The number of nitrogens with one attached hydrogen (secondary N) is 2. The van der Waals surface area contributed by atoms with Crippen molar-refractivity contribution in [2.45, 2.75) is 76.0 Å². The average molecular weight is 415 g/mol. The molecule has 0 aromatic heterocycles. The molecule has 0 bridgehead atoms. The van der Waals surface area contributed by atoms with E-state index in [4.69, 9.17) is 0 Å². The summed E-state index contributed by atoms with van der Waals surface area (Å²) in [6, 6.07) is -1.09. The highest BCUT2D eigenvalue weighted by Gasteiger charge is 2.49. The van der Waals surface area contributed by atoms with Gasteiger partial charge in [-0.3, -0.25) is 9.59 Å². The van der Waals surface area contributed by atoms with E-state index in [-0.39, 0.29) is 35.9 Å². The highest BCUT2D eigenvalue weighted by atomic mass is 32.2. The third-order valence-electron chi connectivity index (χ3n) is 6.75. The summed E-state index contributed by atoms with van der Waals surface area (Å²) >= 11 is 0. The monoisotopic (exact) mass is 414 g/mol. The van der Waals surface area contributed by atoms with Crippen LogP contribution < -0.4 is 10.6 Å². The smallest absolute Gasteiger partial charge is 0.245 e. The van der Waals surface area contributed by atoms with Crippen LogP contribution in [0.25, 0.3) is 0 Å². The van der Waals surface area contributed by atoms with Crippen molar-refractivity contribution in [2.75, 3.05) is 26.4 Å². The van der Waals surface area contributed by atoms with E-state index < -0.39 is 16.1 Å². The number of amides is 2. The largest absolute Gasteiger partial charge is 0.343 e. The lowest BCUT2D eigenvalue weighted by Crippen LogP contribution is -2.56. The van der Waals surface area contributed by atoms with E-state index in [1.807, 2.05) is 4.90 Å². The van der Waals surface area contributed by atoms with Crippen molar-refractivity contribution >= 4 is 21.8 Å². The zero-order valence-electron chi connectivity index (χ0n) is 17.2. The van der Waals surface area contributed by atoms with Gasteiger partial charge in [0, 0.05) is 25.2 Å². The first kappa shape index (κ1) is 21.5. The molecule has 4 unspecified atom stereocenters. The van der Waals surface area contributed by atoms with Gasteiger partial charge in [-0.25, -0.2) is 8.42 Å². The first-order chi connectivity index (χ1) is 13.2. The Kier molecular flexibility index (Phi) is 6.66. The van der Waals surface area contributed by atoms with Gasteiger partial charge in [0.2, 0.25) is 21.8 Å². The van der Waals surface area contributed by atoms with Gasteiger partial charge in [-0.15, -0.1) is 0 Å². The summed E-state index contributed by atoms with van der Waals surface area (Å²) in [5, 5.41) is 5.94. The third kappa shape index (κ3) is 4.36. The van der Waals surface area contributed by atoms with Crippen molar-refractivity contribution in [3.05, 3.63) is 0 Å². The molecule has 0 spiro atoms. The Morgan fingerprint density at radius 2 is 1.64 bits per heavy atom. The Bertz CT molecular complexity index is 692. The van der Waals surface area contributed by atoms with E-state index in [0.29, 0.717) is 25.9 Å². The molecule has 1 aliphatic carbocycles. The molecular formula is C19H34N4O4S. The SMILES string of the molecule is CNC(C)C(=O)NC(C(=O)N1CCC2C1CCN2S(C)(=O)=O)C1CCCCC1. The lowest BCUT2D eigenvalue weighted by molar-refractivity contribution is -0.139. The lowest BCUT2D eigenvalue weighted by atomic mass is 9.83. The summed E-state index contributed by atoms with van der Waals surface area (Å²) in [5.41, 5.74) is 0. The Hall–Kier alpha value is -1.19. The minimum absolute atomic E-state index is 0.0357. The lowest BCUT2D eigenvalue weighted by Gasteiger charge is -2.35. The van der Waals surface area contributed by atoms with E-state index >= 15 is 0 Å². The number of likely N-dealkylation sites (N-methyl/N-ethyl adjacent to an activating group) is 1. The van der Waals surface area contributed by atoms with Gasteiger partial charge in [0.05, 0.1) is 12.3 Å². The molecule has 160 valence electrons. The number of hydrogen-bond acceptors (Lipinski definition) is 5. The fraction of sp³-hybridized carbons (Fsp3) is 0.895.